The minimum absolute atomic E-state index is 0.651. The Morgan fingerprint density at radius 3 is 2.50 bits per heavy atom. The van der Waals surface area contributed by atoms with Crippen molar-refractivity contribution in [2.24, 2.45) is 0 Å². The molecule has 0 aliphatic carbocycles. The minimum atomic E-state index is 0.651. The number of nitrogens with zero attached hydrogens (tertiary/aromatic N) is 3. The largest absolute Gasteiger partial charge is 0.298 e. The van der Waals surface area contributed by atoms with Crippen LogP contribution in [0.5, 0.6) is 0 Å². The van der Waals surface area contributed by atoms with Gasteiger partial charge in [-0.05, 0) is 31.2 Å². The van der Waals surface area contributed by atoms with Crippen LogP contribution in [0.25, 0.3) is 5.69 Å². The van der Waals surface area contributed by atoms with Crippen LogP contribution in [0.2, 0.25) is 0 Å². The third-order valence-corrected chi connectivity index (χ3v) is 1.87. The number of aldehydes is 1. The van der Waals surface area contributed by atoms with Crippen LogP contribution < -0.4 is 0 Å². The van der Waals surface area contributed by atoms with Gasteiger partial charge < -0.3 is 0 Å². The summed E-state index contributed by atoms with van der Waals surface area (Å²) in [5.41, 5.74) is 2.37. The van der Waals surface area contributed by atoms with E-state index in [0.717, 1.165) is 17.7 Å². The number of hydrogen-bond donors (Lipinski definition) is 0. The number of benzene rings is 1. The number of aromatic nitrogens is 3. The molecule has 0 amide bonds. The molecular weight excluding hydrogens is 178 g/mol. The lowest BCUT2D eigenvalue weighted by atomic mass is 10.2. The predicted molar refractivity (Wildman–Crippen MR) is 51.5 cm³/mol. The van der Waals surface area contributed by atoms with Gasteiger partial charge in [0.2, 0.25) is 0 Å². The lowest BCUT2D eigenvalue weighted by molar-refractivity contribution is 0.112. The van der Waals surface area contributed by atoms with Gasteiger partial charge in [0.25, 0.3) is 0 Å². The quantitative estimate of drug-likeness (QED) is 0.667. The third kappa shape index (κ3) is 1.54. The van der Waals surface area contributed by atoms with Crippen molar-refractivity contribution < 1.29 is 4.79 Å². The highest BCUT2D eigenvalue weighted by Gasteiger charge is 1.98. The Labute approximate surface area is 81.2 Å². The van der Waals surface area contributed by atoms with Crippen molar-refractivity contribution in [1.29, 1.82) is 0 Å². The van der Waals surface area contributed by atoms with E-state index in [2.05, 4.69) is 10.2 Å². The van der Waals surface area contributed by atoms with Crippen molar-refractivity contribution in [3.8, 4) is 5.69 Å². The fourth-order valence-electron chi connectivity index (χ4n) is 1.15. The maximum atomic E-state index is 10.4. The van der Waals surface area contributed by atoms with Gasteiger partial charge in [-0.3, -0.25) is 4.79 Å². The van der Waals surface area contributed by atoms with E-state index < -0.39 is 0 Å². The molecule has 70 valence electrons. The lowest BCUT2D eigenvalue weighted by Gasteiger charge is -1.98. The molecule has 4 heteroatoms. The summed E-state index contributed by atoms with van der Waals surface area (Å²) in [5.74, 6) is 0. The molecule has 0 fully saturated rings. The van der Waals surface area contributed by atoms with Gasteiger partial charge in [-0.2, -0.15) is 15.0 Å². The highest BCUT2D eigenvalue weighted by molar-refractivity contribution is 5.75. The van der Waals surface area contributed by atoms with Gasteiger partial charge in [-0.1, -0.05) is 0 Å². The molecule has 1 aromatic heterocycles. The Hall–Kier alpha value is -1.97. The van der Waals surface area contributed by atoms with Crippen molar-refractivity contribution >= 4 is 6.29 Å². The molecule has 14 heavy (non-hydrogen) atoms. The normalized spacial score (nSPS) is 10.1. The molecule has 2 aromatic rings. The van der Waals surface area contributed by atoms with Crippen molar-refractivity contribution in [1.82, 2.24) is 15.0 Å². The molecule has 0 radical (unpaired) electrons. The summed E-state index contributed by atoms with van der Waals surface area (Å²) in [7, 11) is 0. The molecule has 0 unspecified atom stereocenters. The number of hydrogen-bond acceptors (Lipinski definition) is 3. The van der Waals surface area contributed by atoms with Crippen LogP contribution >= 0.6 is 0 Å². The number of carbonyl (C=O) groups is 1. The maximum absolute atomic E-state index is 10.4. The van der Waals surface area contributed by atoms with Gasteiger partial charge in [-0.15, -0.1) is 0 Å². The predicted octanol–water partition coefficient (Wildman–Crippen LogP) is 1.39. The summed E-state index contributed by atoms with van der Waals surface area (Å²) in [6.07, 6.45) is 2.50. The Morgan fingerprint density at radius 2 is 2.00 bits per heavy atom. The second-order valence-electron chi connectivity index (χ2n) is 2.98. The monoisotopic (exact) mass is 187 g/mol. The van der Waals surface area contributed by atoms with Gasteiger partial charge in [0.1, 0.15) is 6.29 Å². The second kappa shape index (κ2) is 3.41. The molecule has 0 saturated carbocycles. The van der Waals surface area contributed by atoms with Crippen molar-refractivity contribution in [3.63, 3.8) is 0 Å². The Kier molecular flexibility index (Phi) is 2.10. The molecule has 4 nitrogen and oxygen atoms in total. The van der Waals surface area contributed by atoms with Crippen LogP contribution in [0.15, 0.2) is 30.5 Å². The van der Waals surface area contributed by atoms with E-state index in [1.54, 1.807) is 18.3 Å². The first kappa shape index (κ1) is 8.62. The smallest absolute Gasteiger partial charge is 0.150 e. The Balaban J connectivity index is 2.38. The van der Waals surface area contributed by atoms with Crippen LogP contribution in [-0.2, 0) is 0 Å². The van der Waals surface area contributed by atoms with Gasteiger partial charge in [-0.25, -0.2) is 0 Å². The van der Waals surface area contributed by atoms with Crippen LogP contribution in [0, 0.1) is 6.92 Å². The summed E-state index contributed by atoms with van der Waals surface area (Å²) in [5, 5.41) is 8.21. The fraction of sp³-hybridized carbons (Fsp3) is 0.100. The summed E-state index contributed by atoms with van der Waals surface area (Å²) in [6, 6.07) is 7.09. The van der Waals surface area contributed by atoms with E-state index in [1.165, 1.54) is 4.80 Å². The van der Waals surface area contributed by atoms with E-state index in [9.17, 15) is 4.79 Å². The van der Waals surface area contributed by atoms with Crippen LogP contribution in [0.1, 0.15) is 16.1 Å². The zero-order valence-electron chi connectivity index (χ0n) is 7.71. The summed E-state index contributed by atoms with van der Waals surface area (Å²) < 4.78 is 0. The van der Waals surface area contributed by atoms with Gasteiger partial charge in [0.15, 0.2) is 0 Å². The van der Waals surface area contributed by atoms with Gasteiger partial charge in [0, 0.05) is 5.56 Å². The molecule has 0 aliphatic heterocycles. The van der Waals surface area contributed by atoms with Crippen molar-refractivity contribution in [2.45, 2.75) is 6.92 Å². The van der Waals surface area contributed by atoms with E-state index in [1.807, 2.05) is 19.1 Å². The third-order valence-electron chi connectivity index (χ3n) is 1.87. The number of rotatable bonds is 2. The van der Waals surface area contributed by atoms with Crippen LogP contribution in [0.3, 0.4) is 0 Å². The zero-order chi connectivity index (χ0) is 9.97. The van der Waals surface area contributed by atoms with Gasteiger partial charge >= 0.3 is 0 Å². The van der Waals surface area contributed by atoms with E-state index in [-0.39, 0.29) is 0 Å². The molecule has 0 bridgehead atoms. The second-order valence-corrected chi connectivity index (χ2v) is 2.98. The maximum Gasteiger partial charge on any atom is 0.150 e. The topological polar surface area (TPSA) is 47.8 Å². The minimum Gasteiger partial charge on any atom is -0.298 e. The average molecular weight is 187 g/mol. The highest BCUT2D eigenvalue weighted by Crippen LogP contribution is 2.06. The molecule has 2 rings (SSSR count). The van der Waals surface area contributed by atoms with Crippen LogP contribution in [-0.4, -0.2) is 21.3 Å². The molecule has 0 atom stereocenters. The van der Waals surface area contributed by atoms with E-state index in [0.29, 0.717) is 5.56 Å². The van der Waals surface area contributed by atoms with Crippen molar-refractivity contribution in [2.75, 3.05) is 0 Å². The molecule has 1 heterocycles. The van der Waals surface area contributed by atoms with Gasteiger partial charge in [0.05, 0.1) is 17.6 Å². The number of carbonyl (C=O) groups excluding carboxylic acids is 1. The average Bonchev–Trinajstić information content (AvgIpc) is 2.65. The van der Waals surface area contributed by atoms with E-state index >= 15 is 0 Å². The zero-order valence-corrected chi connectivity index (χ0v) is 7.71. The molecule has 0 saturated heterocycles. The molecule has 1 aromatic carbocycles. The number of aryl methyl sites for hydroxylation is 1. The van der Waals surface area contributed by atoms with E-state index in [4.69, 9.17) is 0 Å². The fourth-order valence-corrected chi connectivity index (χ4v) is 1.15. The summed E-state index contributed by atoms with van der Waals surface area (Å²) in [4.78, 5) is 12.0. The molecular formula is C10H9N3O. The Morgan fingerprint density at radius 1 is 1.29 bits per heavy atom. The first-order valence-electron chi connectivity index (χ1n) is 4.24. The van der Waals surface area contributed by atoms with Crippen molar-refractivity contribution in [3.05, 3.63) is 41.7 Å². The molecule has 0 aliphatic rings. The molecule has 0 N–H and O–H groups in total. The lowest BCUT2D eigenvalue weighted by Crippen LogP contribution is -1.98. The Bertz CT molecular complexity index is 445. The first-order chi connectivity index (χ1) is 6.79. The SMILES string of the molecule is Cc1cnn(-c2ccc(C=O)cc2)n1. The standard InChI is InChI=1S/C10H9N3O/c1-8-6-11-13(12-8)10-4-2-9(7-14)3-5-10/h2-7H,1H3. The van der Waals surface area contributed by atoms with Crippen LogP contribution in [0.4, 0.5) is 0 Å². The highest BCUT2D eigenvalue weighted by atomic mass is 16.1. The first-order valence-corrected chi connectivity index (χ1v) is 4.24. The summed E-state index contributed by atoms with van der Waals surface area (Å²) in [6.45, 7) is 1.88. The summed E-state index contributed by atoms with van der Waals surface area (Å²) >= 11 is 0. The molecule has 0 spiro atoms.